The van der Waals surface area contributed by atoms with Crippen LogP contribution in [0.2, 0.25) is 0 Å². The van der Waals surface area contributed by atoms with Crippen LogP contribution in [0.5, 0.6) is 0 Å². The number of carbonyl (C=O) groups is 1. The summed E-state index contributed by atoms with van der Waals surface area (Å²) in [4.78, 5) is 13.4. The highest BCUT2D eigenvalue weighted by molar-refractivity contribution is 7.92. The van der Waals surface area contributed by atoms with Gasteiger partial charge < -0.3 is 4.90 Å². The van der Waals surface area contributed by atoms with Crippen molar-refractivity contribution in [2.75, 3.05) is 13.1 Å². The Hall–Kier alpha value is -2.28. The lowest BCUT2D eigenvalue weighted by Crippen LogP contribution is -2.41. The molecule has 0 spiro atoms. The lowest BCUT2D eigenvalue weighted by Gasteiger charge is -2.34. The second-order valence-corrected chi connectivity index (χ2v) is 9.55. The summed E-state index contributed by atoms with van der Waals surface area (Å²) < 4.78 is 53.0. The Bertz CT molecular complexity index is 966. The van der Waals surface area contributed by atoms with Gasteiger partial charge in [0.15, 0.2) is 9.84 Å². The van der Waals surface area contributed by atoms with Crippen LogP contribution in [0.4, 0.5) is 8.78 Å². The van der Waals surface area contributed by atoms with Gasteiger partial charge >= 0.3 is 0 Å². The number of hydrogen-bond donors (Lipinski definition) is 0. The third-order valence-corrected chi connectivity index (χ3v) is 7.86. The highest BCUT2D eigenvalue weighted by Crippen LogP contribution is 2.31. The molecule has 1 atom stereocenters. The van der Waals surface area contributed by atoms with Crippen molar-refractivity contribution in [2.24, 2.45) is 5.92 Å². The fraction of sp³-hybridized carbons (Fsp3) is 0.381. The van der Waals surface area contributed by atoms with Gasteiger partial charge in [-0.15, -0.1) is 0 Å². The van der Waals surface area contributed by atoms with Crippen LogP contribution >= 0.6 is 0 Å². The van der Waals surface area contributed by atoms with Gasteiger partial charge in [-0.1, -0.05) is 12.1 Å². The number of sulfone groups is 1. The molecule has 7 heteroatoms. The molecule has 0 aliphatic carbocycles. The van der Waals surface area contributed by atoms with Crippen molar-refractivity contribution in [1.82, 2.24) is 4.90 Å². The first-order valence-electron chi connectivity index (χ1n) is 9.25. The number of likely N-dealkylation sites (tertiary alicyclic amines) is 1. The molecule has 0 aromatic heterocycles. The van der Waals surface area contributed by atoms with E-state index in [1.54, 1.807) is 11.8 Å². The lowest BCUT2D eigenvalue weighted by atomic mass is 9.94. The molecule has 3 rings (SSSR count). The normalized spacial score (nSPS) is 16.8. The molecule has 1 amide bonds. The van der Waals surface area contributed by atoms with Crippen LogP contribution in [0.25, 0.3) is 11.1 Å². The van der Waals surface area contributed by atoms with E-state index >= 15 is 0 Å². The van der Waals surface area contributed by atoms with Crippen LogP contribution in [-0.2, 0) is 14.6 Å². The largest absolute Gasteiger partial charge is 0.343 e. The fourth-order valence-corrected chi connectivity index (χ4v) is 5.42. The van der Waals surface area contributed by atoms with E-state index in [1.807, 2.05) is 0 Å². The van der Waals surface area contributed by atoms with Crippen molar-refractivity contribution in [3.8, 4) is 11.1 Å². The molecule has 4 nitrogen and oxygen atoms in total. The van der Waals surface area contributed by atoms with Gasteiger partial charge in [-0.2, -0.15) is 0 Å². The molecule has 2 aromatic rings. The molecule has 1 saturated heterocycles. The Balaban J connectivity index is 1.77. The molecule has 0 radical (unpaired) electrons. The zero-order valence-corrected chi connectivity index (χ0v) is 16.7. The van der Waals surface area contributed by atoms with Gasteiger partial charge in [-0.3, -0.25) is 4.79 Å². The van der Waals surface area contributed by atoms with Crippen molar-refractivity contribution in [2.45, 2.75) is 36.8 Å². The molecular formula is C21H23F2NO3S. The van der Waals surface area contributed by atoms with Gasteiger partial charge in [0.05, 0.1) is 10.1 Å². The minimum absolute atomic E-state index is 0.0116. The maximum atomic E-state index is 13.9. The van der Waals surface area contributed by atoms with Crippen LogP contribution in [-0.4, -0.2) is 37.6 Å². The first-order chi connectivity index (χ1) is 13.2. The lowest BCUT2D eigenvalue weighted by molar-refractivity contribution is -0.130. The number of hydrogen-bond acceptors (Lipinski definition) is 3. The Morgan fingerprint density at radius 3 is 2.21 bits per heavy atom. The number of nitrogens with zero attached hydrogens (tertiary/aromatic N) is 1. The van der Waals surface area contributed by atoms with Crippen molar-refractivity contribution >= 4 is 15.7 Å². The molecule has 1 unspecified atom stereocenters. The van der Waals surface area contributed by atoms with Crippen LogP contribution in [0, 0.1) is 17.6 Å². The smallest absolute Gasteiger partial charge is 0.219 e. The van der Waals surface area contributed by atoms with Crippen molar-refractivity contribution in [3.63, 3.8) is 0 Å². The van der Waals surface area contributed by atoms with E-state index in [4.69, 9.17) is 0 Å². The molecule has 1 aliphatic rings. The van der Waals surface area contributed by atoms with E-state index in [2.05, 4.69) is 0 Å². The van der Waals surface area contributed by atoms with Crippen molar-refractivity contribution in [1.29, 1.82) is 0 Å². The molecule has 0 N–H and O–H groups in total. The third kappa shape index (κ3) is 4.09. The van der Waals surface area contributed by atoms with E-state index in [0.717, 1.165) is 6.07 Å². The first kappa shape index (κ1) is 20.5. The number of benzene rings is 2. The Morgan fingerprint density at radius 1 is 1.07 bits per heavy atom. The summed E-state index contributed by atoms with van der Waals surface area (Å²) >= 11 is 0. The fourth-order valence-electron chi connectivity index (χ4n) is 3.70. The summed E-state index contributed by atoms with van der Waals surface area (Å²) in [5.41, 5.74) is 0.703. The average molecular weight is 407 g/mol. The van der Waals surface area contributed by atoms with Crippen LogP contribution in [0.3, 0.4) is 0 Å². The SMILES string of the molecule is CC(=O)N1CCC(C(C)S(=O)(=O)c2ccc(-c3ccc(F)cc3F)cc2)CC1. The zero-order chi connectivity index (χ0) is 20.5. The minimum Gasteiger partial charge on any atom is -0.343 e. The number of halogens is 2. The predicted octanol–water partition coefficient (Wildman–Crippen LogP) is 4.05. The monoisotopic (exact) mass is 407 g/mol. The summed E-state index contributed by atoms with van der Waals surface area (Å²) in [6, 6.07) is 9.31. The highest BCUT2D eigenvalue weighted by Gasteiger charge is 2.33. The van der Waals surface area contributed by atoms with Gasteiger partial charge in [0.2, 0.25) is 5.91 Å². The van der Waals surface area contributed by atoms with E-state index in [1.165, 1.54) is 43.3 Å². The Labute approximate surface area is 164 Å². The van der Waals surface area contributed by atoms with E-state index in [0.29, 0.717) is 31.5 Å². The summed E-state index contributed by atoms with van der Waals surface area (Å²) in [5.74, 6) is -1.36. The molecule has 1 heterocycles. The third-order valence-electron chi connectivity index (χ3n) is 5.56. The number of amides is 1. The summed E-state index contributed by atoms with van der Waals surface area (Å²) in [7, 11) is -3.55. The second-order valence-electron chi connectivity index (χ2n) is 7.24. The standard InChI is InChI=1S/C21H23F2NO3S/c1-14(16-9-11-24(12-10-16)15(2)25)28(26,27)19-6-3-17(4-7-19)20-8-5-18(22)13-21(20)23/h3-8,13-14,16H,9-12H2,1-2H3. The van der Waals surface area contributed by atoms with Gasteiger partial charge in [0.25, 0.3) is 0 Å². The molecule has 0 saturated carbocycles. The number of piperidine rings is 1. The van der Waals surface area contributed by atoms with Crippen LogP contribution in [0.15, 0.2) is 47.4 Å². The molecular weight excluding hydrogens is 384 g/mol. The van der Waals surface area contributed by atoms with E-state index < -0.39 is 26.7 Å². The predicted molar refractivity (Wildman–Crippen MR) is 103 cm³/mol. The van der Waals surface area contributed by atoms with Gasteiger partial charge in [0.1, 0.15) is 11.6 Å². The molecule has 2 aromatic carbocycles. The summed E-state index contributed by atoms with van der Waals surface area (Å²) in [5, 5.41) is -0.574. The van der Waals surface area contributed by atoms with Gasteiger partial charge in [0, 0.05) is 31.6 Å². The van der Waals surface area contributed by atoms with Crippen LogP contribution in [0.1, 0.15) is 26.7 Å². The van der Waals surface area contributed by atoms with Crippen LogP contribution < -0.4 is 0 Å². The Kier molecular flexibility index (Phi) is 5.84. The molecule has 1 fully saturated rings. The average Bonchev–Trinajstić information content (AvgIpc) is 2.67. The van der Waals surface area contributed by atoms with Crippen molar-refractivity contribution in [3.05, 3.63) is 54.1 Å². The zero-order valence-electron chi connectivity index (χ0n) is 15.9. The number of rotatable bonds is 4. The van der Waals surface area contributed by atoms with Crippen molar-refractivity contribution < 1.29 is 22.0 Å². The molecule has 1 aliphatic heterocycles. The highest BCUT2D eigenvalue weighted by atomic mass is 32.2. The van der Waals surface area contributed by atoms with Gasteiger partial charge in [-0.25, -0.2) is 17.2 Å². The topological polar surface area (TPSA) is 54.5 Å². The molecule has 0 bridgehead atoms. The number of carbonyl (C=O) groups excluding carboxylic acids is 1. The van der Waals surface area contributed by atoms with E-state index in [9.17, 15) is 22.0 Å². The molecule has 28 heavy (non-hydrogen) atoms. The summed E-state index contributed by atoms with van der Waals surface area (Å²) in [6.07, 6.45) is 1.30. The molecule has 150 valence electrons. The quantitative estimate of drug-likeness (QED) is 0.768. The maximum absolute atomic E-state index is 13.9. The Morgan fingerprint density at radius 2 is 1.68 bits per heavy atom. The summed E-state index contributed by atoms with van der Waals surface area (Å²) in [6.45, 7) is 4.37. The maximum Gasteiger partial charge on any atom is 0.219 e. The van der Waals surface area contributed by atoms with Gasteiger partial charge in [-0.05, 0) is 55.5 Å². The second kappa shape index (κ2) is 7.99. The van der Waals surface area contributed by atoms with E-state index in [-0.39, 0.29) is 22.3 Å². The minimum atomic E-state index is -3.55. The first-order valence-corrected chi connectivity index (χ1v) is 10.8.